The molecule has 0 fully saturated rings. The van der Waals surface area contributed by atoms with Crippen LogP contribution in [0.5, 0.6) is 0 Å². The van der Waals surface area contributed by atoms with Crippen LogP contribution >= 0.6 is 0 Å². The zero-order chi connectivity index (χ0) is 5.86. The molecule has 0 bridgehead atoms. The van der Waals surface area contributed by atoms with Gasteiger partial charge in [0, 0.05) is 0 Å². The number of primary amides is 1. The summed E-state index contributed by atoms with van der Waals surface area (Å²) in [7, 11) is 0. The Hall–Kier alpha value is -0.810. The maximum atomic E-state index is 9.60. The molecule has 0 aliphatic carbocycles. The number of amides is 2. The zero-order valence-corrected chi connectivity index (χ0v) is 3.46. The van der Waals surface area contributed by atoms with Crippen LogP contribution in [-0.4, -0.2) is 22.7 Å². The molecule has 0 aromatic heterocycles. The number of hydrogen-bond donors (Lipinski definition) is 4. The van der Waals surface area contributed by atoms with Gasteiger partial charge in [-0.1, -0.05) is 0 Å². The zero-order valence-electron chi connectivity index (χ0n) is 3.46. The lowest BCUT2D eigenvalue weighted by molar-refractivity contribution is -0.0547. The molecule has 0 aromatic rings. The summed E-state index contributed by atoms with van der Waals surface area (Å²) in [5.41, 5.74) is 4.42. The molecule has 0 aromatic carbocycles. The fraction of sp³-hybridized carbons (Fsp3) is 0.500. The molecule has 0 atom stereocenters. The van der Waals surface area contributed by atoms with Crippen LogP contribution in [0.1, 0.15) is 0 Å². The average Bonchev–Trinajstić information content (AvgIpc) is 1.27. The van der Waals surface area contributed by atoms with Gasteiger partial charge in [0.15, 0.2) is 0 Å². The quantitative estimate of drug-likeness (QED) is 0.289. The Bertz CT molecular complexity index is 71.3. The van der Waals surface area contributed by atoms with E-state index >= 15 is 0 Å². The van der Waals surface area contributed by atoms with Crippen molar-refractivity contribution in [3.05, 3.63) is 0 Å². The summed E-state index contributed by atoms with van der Waals surface area (Å²) in [6, 6.07) is -0.963. The van der Waals surface area contributed by atoms with Crippen molar-refractivity contribution in [2.75, 3.05) is 0 Å². The normalized spacial score (nSPS) is 9.00. The highest BCUT2D eigenvalue weighted by atomic mass is 16.5. The van der Waals surface area contributed by atoms with E-state index in [2.05, 4.69) is 5.73 Å². The number of carbonyl (C=O) groups excluding carboxylic acids is 1. The summed E-state index contributed by atoms with van der Waals surface area (Å²) in [4.78, 5) is 9.60. The first-order valence-corrected chi connectivity index (χ1v) is 1.55. The molecule has 0 saturated heterocycles. The highest BCUT2D eigenvalue weighted by Gasteiger charge is 1.95. The Morgan fingerprint density at radius 2 is 2.14 bits per heavy atom. The van der Waals surface area contributed by atoms with Gasteiger partial charge in [0.2, 0.25) is 6.41 Å². The van der Waals surface area contributed by atoms with E-state index < -0.39 is 12.4 Å². The number of nitrogens with one attached hydrogen (secondary N) is 1. The molecule has 5 heteroatoms. The summed E-state index contributed by atoms with van der Waals surface area (Å²) in [5.74, 6) is 0. The lowest BCUT2D eigenvalue weighted by Crippen LogP contribution is -2.38. The summed E-state index contributed by atoms with van der Waals surface area (Å²) >= 11 is 0. The van der Waals surface area contributed by atoms with Gasteiger partial charge in [-0.2, -0.15) is 0 Å². The number of rotatable bonds is 1. The first-order valence-electron chi connectivity index (χ1n) is 1.55. The molecule has 0 heterocycles. The van der Waals surface area contributed by atoms with Gasteiger partial charge in [0.1, 0.15) is 0 Å². The number of nitrogens with two attached hydrogens (primary N) is 1. The van der Waals surface area contributed by atoms with E-state index in [1.54, 1.807) is 5.32 Å². The fourth-order valence-electron chi connectivity index (χ4n) is 0.127. The second-order valence-electron chi connectivity index (χ2n) is 0.882. The van der Waals surface area contributed by atoms with Crippen LogP contribution in [0, 0.1) is 0 Å². The van der Waals surface area contributed by atoms with Crippen molar-refractivity contribution in [3.63, 3.8) is 0 Å². The molecular weight excluding hydrogens is 100 g/mol. The van der Waals surface area contributed by atoms with E-state index in [-0.39, 0.29) is 0 Å². The standard InChI is InChI=1S/C2H6N2O3/c3-1(5)4-2(6)7/h2,6-7H,(H3,3,4,5). The molecule has 0 radical (unpaired) electrons. The third kappa shape index (κ3) is 5.19. The highest BCUT2D eigenvalue weighted by molar-refractivity contribution is 5.71. The smallest absolute Gasteiger partial charge is 0.316 e. The van der Waals surface area contributed by atoms with E-state index in [1.165, 1.54) is 0 Å². The van der Waals surface area contributed by atoms with Crippen LogP contribution in [0.15, 0.2) is 0 Å². The van der Waals surface area contributed by atoms with Crippen molar-refractivity contribution >= 4 is 6.03 Å². The SMILES string of the molecule is NC(=O)NC(O)O. The molecule has 42 valence electrons. The first kappa shape index (κ1) is 6.19. The molecule has 0 saturated carbocycles. The van der Waals surface area contributed by atoms with Crippen LogP contribution in [-0.2, 0) is 0 Å². The Balaban J connectivity index is 3.13. The predicted octanol–water partition coefficient (Wildman–Crippen LogP) is -2.08. The van der Waals surface area contributed by atoms with Gasteiger partial charge in [0.05, 0.1) is 0 Å². The van der Waals surface area contributed by atoms with Crippen molar-refractivity contribution in [2.45, 2.75) is 6.41 Å². The van der Waals surface area contributed by atoms with Gasteiger partial charge in [-0.15, -0.1) is 0 Å². The summed E-state index contributed by atoms with van der Waals surface area (Å²) in [6.45, 7) is 0. The van der Waals surface area contributed by atoms with Crippen LogP contribution in [0.2, 0.25) is 0 Å². The number of hydrogen-bond acceptors (Lipinski definition) is 3. The highest BCUT2D eigenvalue weighted by Crippen LogP contribution is 1.60. The maximum absolute atomic E-state index is 9.60. The lowest BCUT2D eigenvalue weighted by atomic mass is 10.9. The van der Waals surface area contributed by atoms with Crippen molar-refractivity contribution < 1.29 is 15.0 Å². The third-order valence-corrected chi connectivity index (χ3v) is 0.271. The number of aliphatic hydroxyl groups excluding tert-OH is 1. The predicted molar refractivity (Wildman–Crippen MR) is 20.9 cm³/mol. The van der Waals surface area contributed by atoms with Gasteiger partial charge in [-0.3, -0.25) is 5.32 Å². The summed E-state index contributed by atoms with van der Waals surface area (Å²) in [6.07, 6.45) is -1.85. The Labute approximate surface area is 39.7 Å². The fourth-order valence-corrected chi connectivity index (χ4v) is 0.127. The van der Waals surface area contributed by atoms with Gasteiger partial charge in [0.25, 0.3) is 0 Å². The molecular formula is C2H6N2O3. The lowest BCUT2D eigenvalue weighted by Gasteiger charge is -1.99. The molecule has 5 nitrogen and oxygen atoms in total. The van der Waals surface area contributed by atoms with E-state index in [0.717, 1.165) is 0 Å². The number of aliphatic hydroxyl groups is 2. The third-order valence-electron chi connectivity index (χ3n) is 0.271. The molecule has 0 unspecified atom stereocenters. The van der Waals surface area contributed by atoms with Crippen molar-refractivity contribution in [2.24, 2.45) is 5.73 Å². The molecule has 5 N–H and O–H groups in total. The second kappa shape index (κ2) is 2.38. The first-order chi connectivity index (χ1) is 3.13. The topological polar surface area (TPSA) is 95.6 Å². The van der Waals surface area contributed by atoms with Gasteiger partial charge in [-0.05, 0) is 0 Å². The molecule has 0 spiro atoms. The molecule has 7 heavy (non-hydrogen) atoms. The molecule has 2 amide bonds. The minimum atomic E-state index is -1.85. The largest absolute Gasteiger partial charge is 0.352 e. The van der Waals surface area contributed by atoms with Crippen molar-refractivity contribution in [3.8, 4) is 0 Å². The van der Waals surface area contributed by atoms with Gasteiger partial charge < -0.3 is 15.9 Å². The Morgan fingerprint density at radius 1 is 1.71 bits per heavy atom. The Kier molecular flexibility index (Phi) is 2.10. The molecule has 0 aliphatic heterocycles. The van der Waals surface area contributed by atoms with Crippen LogP contribution in [0.4, 0.5) is 4.79 Å². The maximum Gasteiger partial charge on any atom is 0.316 e. The van der Waals surface area contributed by atoms with E-state index in [4.69, 9.17) is 10.2 Å². The number of urea groups is 1. The minimum Gasteiger partial charge on any atom is -0.352 e. The molecule has 0 aliphatic rings. The van der Waals surface area contributed by atoms with Crippen LogP contribution in [0.3, 0.4) is 0 Å². The van der Waals surface area contributed by atoms with Crippen molar-refractivity contribution in [1.82, 2.24) is 5.32 Å². The average molecular weight is 106 g/mol. The molecule has 0 rings (SSSR count). The van der Waals surface area contributed by atoms with E-state index in [9.17, 15) is 4.79 Å². The monoisotopic (exact) mass is 106 g/mol. The van der Waals surface area contributed by atoms with Crippen molar-refractivity contribution in [1.29, 1.82) is 0 Å². The van der Waals surface area contributed by atoms with E-state index in [1.807, 2.05) is 0 Å². The number of carbonyl (C=O) groups is 1. The summed E-state index contributed by atoms with van der Waals surface area (Å²) in [5, 5.41) is 17.3. The van der Waals surface area contributed by atoms with Crippen LogP contribution in [0.25, 0.3) is 0 Å². The Morgan fingerprint density at radius 3 is 2.14 bits per heavy atom. The van der Waals surface area contributed by atoms with Gasteiger partial charge >= 0.3 is 6.03 Å². The second-order valence-corrected chi connectivity index (χ2v) is 0.882. The summed E-state index contributed by atoms with van der Waals surface area (Å²) < 4.78 is 0. The van der Waals surface area contributed by atoms with E-state index in [0.29, 0.717) is 0 Å². The van der Waals surface area contributed by atoms with Gasteiger partial charge in [-0.25, -0.2) is 4.79 Å². The van der Waals surface area contributed by atoms with Crippen LogP contribution < -0.4 is 11.1 Å². The minimum absolute atomic E-state index is 0.963.